The molecule has 2 N–H and O–H groups in total. The molecular weight excluding hydrogens is 212 g/mol. The highest BCUT2D eigenvalue weighted by atomic mass is 16.6. The highest BCUT2D eigenvalue weighted by molar-refractivity contribution is 5.68. The summed E-state index contributed by atoms with van der Waals surface area (Å²) in [6.07, 6.45) is -0.523. The van der Waals surface area contributed by atoms with Crippen molar-refractivity contribution in [3.63, 3.8) is 0 Å². The maximum absolute atomic E-state index is 11.7. The van der Waals surface area contributed by atoms with Crippen LogP contribution in [0, 0.1) is 0 Å². The molecule has 1 rings (SSSR count). The van der Waals surface area contributed by atoms with Crippen molar-refractivity contribution in [2.75, 3.05) is 26.2 Å². The van der Waals surface area contributed by atoms with E-state index < -0.39 is 5.60 Å². The zero-order valence-corrected chi connectivity index (χ0v) is 10.0. The molecule has 1 atom stereocenters. The molecule has 1 saturated heterocycles. The van der Waals surface area contributed by atoms with Crippen LogP contribution in [0.3, 0.4) is 0 Å². The van der Waals surface area contributed by atoms with Crippen LogP contribution in [0.15, 0.2) is 0 Å². The molecule has 0 aromatic heterocycles. The number of hydrogen-bond donors (Lipinski definition) is 2. The fourth-order valence-electron chi connectivity index (χ4n) is 1.44. The Kier molecular flexibility index (Phi) is 4.52. The molecule has 0 aromatic rings. The Morgan fingerprint density at radius 2 is 2.31 bits per heavy atom. The van der Waals surface area contributed by atoms with Crippen LogP contribution in [-0.4, -0.2) is 54.1 Å². The Hall–Kier alpha value is -0.850. The van der Waals surface area contributed by atoms with Gasteiger partial charge in [-0.1, -0.05) is 0 Å². The Labute approximate surface area is 95.5 Å². The number of hydroxylamine groups is 1. The van der Waals surface area contributed by atoms with Crippen LogP contribution in [0.25, 0.3) is 0 Å². The molecule has 0 aromatic carbocycles. The molecule has 1 aliphatic heterocycles. The molecule has 0 spiro atoms. The van der Waals surface area contributed by atoms with Gasteiger partial charge in [-0.2, -0.15) is 0 Å². The highest BCUT2D eigenvalue weighted by Gasteiger charge is 2.27. The van der Waals surface area contributed by atoms with Crippen molar-refractivity contribution < 1.29 is 19.5 Å². The van der Waals surface area contributed by atoms with E-state index in [1.165, 1.54) is 0 Å². The molecule has 0 aliphatic carbocycles. The van der Waals surface area contributed by atoms with Gasteiger partial charge < -0.3 is 19.6 Å². The van der Waals surface area contributed by atoms with Gasteiger partial charge in [0.2, 0.25) is 0 Å². The zero-order chi connectivity index (χ0) is 12.2. The topological polar surface area (TPSA) is 71.0 Å². The number of rotatable bonds is 2. The second-order valence-corrected chi connectivity index (χ2v) is 4.78. The molecule has 0 radical (unpaired) electrons. The smallest absolute Gasteiger partial charge is 0.410 e. The van der Waals surface area contributed by atoms with E-state index in [9.17, 15) is 4.79 Å². The molecule has 1 heterocycles. The van der Waals surface area contributed by atoms with E-state index >= 15 is 0 Å². The summed E-state index contributed by atoms with van der Waals surface area (Å²) in [6, 6.07) is 0. The summed E-state index contributed by atoms with van der Waals surface area (Å²) in [5.41, 5.74) is 1.56. The summed E-state index contributed by atoms with van der Waals surface area (Å²) < 4.78 is 10.6. The third-order valence-corrected chi connectivity index (χ3v) is 2.11. The predicted octanol–water partition coefficient (Wildman–Crippen LogP) is 0.601. The van der Waals surface area contributed by atoms with Gasteiger partial charge in [0.15, 0.2) is 0 Å². The fraction of sp³-hybridized carbons (Fsp3) is 0.900. The normalized spacial score (nSPS) is 22.0. The lowest BCUT2D eigenvalue weighted by Gasteiger charge is -2.33. The average molecular weight is 232 g/mol. The molecule has 1 fully saturated rings. The first kappa shape index (κ1) is 13.2. The minimum Gasteiger partial charge on any atom is -0.444 e. The number of amides is 1. The Morgan fingerprint density at radius 3 is 2.88 bits per heavy atom. The Bertz CT molecular complexity index is 237. The molecule has 0 bridgehead atoms. The summed E-state index contributed by atoms with van der Waals surface area (Å²) in [7, 11) is 0. The predicted molar refractivity (Wildman–Crippen MR) is 57.3 cm³/mol. The zero-order valence-electron chi connectivity index (χ0n) is 10.0. The van der Waals surface area contributed by atoms with Crippen LogP contribution in [0.1, 0.15) is 20.8 Å². The minimum absolute atomic E-state index is 0.189. The lowest BCUT2D eigenvalue weighted by molar-refractivity contribution is -0.0510. The van der Waals surface area contributed by atoms with E-state index in [0.29, 0.717) is 26.2 Å². The second kappa shape index (κ2) is 5.47. The summed E-state index contributed by atoms with van der Waals surface area (Å²) in [5, 5.41) is 8.57. The number of carbonyl (C=O) groups excluding carboxylic acids is 1. The number of nitrogens with one attached hydrogen (secondary N) is 1. The van der Waals surface area contributed by atoms with Gasteiger partial charge in [0.25, 0.3) is 0 Å². The Morgan fingerprint density at radius 1 is 1.62 bits per heavy atom. The van der Waals surface area contributed by atoms with Crippen LogP contribution in [0.2, 0.25) is 0 Å². The largest absolute Gasteiger partial charge is 0.444 e. The maximum atomic E-state index is 11.7. The van der Waals surface area contributed by atoms with Crippen LogP contribution < -0.4 is 5.48 Å². The van der Waals surface area contributed by atoms with Crippen molar-refractivity contribution in [1.82, 2.24) is 10.4 Å². The molecule has 94 valence electrons. The van der Waals surface area contributed by atoms with Gasteiger partial charge in [-0.3, -0.25) is 0 Å². The van der Waals surface area contributed by atoms with Gasteiger partial charge in [-0.15, -0.1) is 0 Å². The summed E-state index contributed by atoms with van der Waals surface area (Å²) in [6.45, 7) is 7.22. The van der Waals surface area contributed by atoms with Gasteiger partial charge >= 0.3 is 6.09 Å². The van der Waals surface area contributed by atoms with Gasteiger partial charge in [0.1, 0.15) is 5.60 Å². The lowest BCUT2D eigenvalue weighted by atomic mass is 10.2. The highest BCUT2D eigenvalue weighted by Crippen LogP contribution is 2.12. The maximum Gasteiger partial charge on any atom is 0.410 e. The fourth-order valence-corrected chi connectivity index (χ4v) is 1.44. The monoisotopic (exact) mass is 232 g/mol. The summed E-state index contributed by atoms with van der Waals surface area (Å²) >= 11 is 0. The molecule has 1 unspecified atom stereocenters. The number of ether oxygens (including phenoxy) is 2. The van der Waals surface area contributed by atoms with Crippen molar-refractivity contribution in [2.45, 2.75) is 32.5 Å². The van der Waals surface area contributed by atoms with Crippen LogP contribution in [0.4, 0.5) is 4.79 Å². The first-order chi connectivity index (χ1) is 7.42. The number of carbonyl (C=O) groups is 1. The molecule has 6 heteroatoms. The SMILES string of the molecule is CC(C)(C)OC(=O)N1CCOC(CNO)C1. The van der Waals surface area contributed by atoms with Gasteiger partial charge in [0, 0.05) is 13.1 Å². The minimum atomic E-state index is -0.486. The second-order valence-electron chi connectivity index (χ2n) is 4.78. The molecule has 16 heavy (non-hydrogen) atoms. The first-order valence-electron chi connectivity index (χ1n) is 5.39. The Balaban J connectivity index is 2.44. The van der Waals surface area contributed by atoms with Crippen molar-refractivity contribution >= 4 is 6.09 Å². The van der Waals surface area contributed by atoms with Crippen molar-refractivity contribution in [3.05, 3.63) is 0 Å². The van der Waals surface area contributed by atoms with Crippen LogP contribution in [0.5, 0.6) is 0 Å². The van der Waals surface area contributed by atoms with Crippen molar-refractivity contribution in [2.24, 2.45) is 0 Å². The average Bonchev–Trinajstić information content (AvgIpc) is 2.16. The van der Waals surface area contributed by atoms with E-state index in [2.05, 4.69) is 0 Å². The summed E-state index contributed by atoms with van der Waals surface area (Å²) in [4.78, 5) is 13.3. The molecule has 1 amide bonds. The van der Waals surface area contributed by atoms with E-state index in [-0.39, 0.29) is 12.2 Å². The standard InChI is InChI=1S/C10H20N2O4/c1-10(2,3)16-9(13)12-4-5-15-8(7-12)6-11-14/h8,11,14H,4-7H2,1-3H3. The number of hydrogen-bond acceptors (Lipinski definition) is 5. The van der Waals surface area contributed by atoms with E-state index in [1.54, 1.807) is 4.90 Å². The lowest BCUT2D eigenvalue weighted by Crippen LogP contribution is -2.49. The third kappa shape index (κ3) is 4.34. The van der Waals surface area contributed by atoms with Crippen LogP contribution >= 0.6 is 0 Å². The number of morpholine rings is 1. The molecule has 1 aliphatic rings. The van der Waals surface area contributed by atoms with Gasteiger partial charge in [-0.05, 0) is 20.8 Å². The van der Waals surface area contributed by atoms with E-state index in [0.717, 1.165) is 0 Å². The van der Waals surface area contributed by atoms with Gasteiger partial charge in [-0.25, -0.2) is 10.3 Å². The first-order valence-corrected chi connectivity index (χ1v) is 5.39. The van der Waals surface area contributed by atoms with Crippen molar-refractivity contribution in [1.29, 1.82) is 0 Å². The van der Waals surface area contributed by atoms with Gasteiger partial charge in [0.05, 0.1) is 19.3 Å². The third-order valence-electron chi connectivity index (χ3n) is 2.11. The summed E-state index contributed by atoms with van der Waals surface area (Å²) in [5.74, 6) is 0. The number of nitrogens with zero attached hydrogens (tertiary/aromatic N) is 1. The van der Waals surface area contributed by atoms with E-state index in [1.807, 2.05) is 26.3 Å². The van der Waals surface area contributed by atoms with E-state index in [4.69, 9.17) is 14.7 Å². The van der Waals surface area contributed by atoms with Crippen LogP contribution in [-0.2, 0) is 9.47 Å². The molecular formula is C10H20N2O4. The molecule has 6 nitrogen and oxygen atoms in total. The quantitative estimate of drug-likeness (QED) is 0.682. The molecule has 0 saturated carbocycles. The van der Waals surface area contributed by atoms with Crippen molar-refractivity contribution in [3.8, 4) is 0 Å².